The van der Waals surface area contributed by atoms with Crippen molar-refractivity contribution in [1.82, 2.24) is 20.4 Å². The minimum atomic E-state index is 0.143. The van der Waals surface area contributed by atoms with Crippen LogP contribution < -0.4 is 10.6 Å². The average Bonchev–Trinajstić information content (AvgIpc) is 3.29. The van der Waals surface area contributed by atoms with E-state index in [9.17, 15) is 9.59 Å². The van der Waals surface area contributed by atoms with Crippen molar-refractivity contribution < 1.29 is 9.59 Å². The molecule has 0 spiro atoms. The zero-order valence-corrected chi connectivity index (χ0v) is 12.8. The van der Waals surface area contributed by atoms with Crippen LogP contribution in [0.5, 0.6) is 0 Å². The third kappa shape index (κ3) is 4.68. The molecule has 2 aliphatic carbocycles. The predicted molar refractivity (Wildman–Crippen MR) is 79.8 cm³/mol. The van der Waals surface area contributed by atoms with Crippen LogP contribution in [0.3, 0.4) is 0 Å². The molecule has 118 valence electrons. The fourth-order valence-corrected chi connectivity index (χ4v) is 2.84. The van der Waals surface area contributed by atoms with Gasteiger partial charge in [0, 0.05) is 37.8 Å². The number of nitrogens with zero attached hydrogens (tertiary/aromatic N) is 2. The van der Waals surface area contributed by atoms with Gasteiger partial charge in [0.25, 0.3) is 0 Å². The number of hydrogen-bond donors (Lipinski definition) is 2. The summed E-state index contributed by atoms with van der Waals surface area (Å²) in [5.41, 5.74) is 0. The van der Waals surface area contributed by atoms with Crippen molar-refractivity contribution in [1.29, 1.82) is 0 Å². The Labute approximate surface area is 126 Å². The first-order chi connectivity index (χ1) is 10.1. The first-order valence-electron chi connectivity index (χ1n) is 8.15. The summed E-state index contributed by atoms with van der Waals surface area (Å²) in [4.78, 5) is 28.1. The largest absolute Gasteiger partial charge is 0.352 e. The molecule has 3 rings (SSSR count). The van der Waals surface area contributed by atoms with Crippen LogP contribution in [0.15, 0.2) is 0 Å². The summed E-state index contributed by atoms with van der Waals surface area (Å²) in [5.74, 6) is 0.286. The molecule has 1 heterocycles. The maximum absolute atomic E-state index is 11.9. The SMILES string of the molecule is CC1CN(CC(=O)NC2CC2)CCN1CC(=O)NC1CC1. The number of piperazine rings is 1. The number of amides is 2. The standard InChI is InChI=1S/C15H26N4O2/c1-11-8-18(9-14(20)16-12-2-3-12)6-7-19(11)10-15(21)17-13-4-5-13/h11-13H,2-10H2,1H3,(H,16,20)(H,17,21). The highest BCUT2D eigenvalue weighted by molar-refractivity contribution is 5.79. The fraction of sp³-hybridized carbons (Fsp3) is 0.867. The molecular weight excluding hydrogens is 268 g/mol. The van der Waals surface area contributed by atoms with Gasteiger partial charge in [-0.15, -0.1) is 0 Å². The molecule has 1 atom stereocenters. The van der Waals surface area contributed by atoms with Crippen LogP contribution >= 0.6 is 0 Å². The first kappa shape index (κ1) is 14.8. The molecule has 1 aliphatic heterocycles. The van der Waals surface area contributed by atoms with Gasteiger partial charge in [0.1, 0.15) is 0 Å². The summed E-state index contributed by atoms with van der Waals surface area (Å²) in [6.07, 6.45) is 4.52. The van der Waals surface area contributed by atoms with Gasteiger partial charge in [-0.3, -0.25) is 19.4 Å². The third-order valence-corrected chi connectivity index (χ3v) is 4.45. The molecule has 2 amide bonds. The topological polar surface area (TPSA) is 64.7 Å². The molecule has 3 aliphatic rings. The zero-order chi connectivity index (χ0) is 14.8. The Morgan fingerprint density at radius 1 is 0.952 bits per heavy atom. The number of carbonyl (C=O) groups excluding carboxylic acids is 2. The highest BCUT2D eigenvalue weighted by atomic mass is 16.2. The average molecular weight is 294 g/mol. The predicted octanol–water partition coefficient (Wildman–Crippen LogP) is -0.450. The highest BCUT2D eigenvalue weighted by Crippen LogP contribution is 2.19. The van der Waals surface area contributed by atoms with Crippen LogP contribution in [-0.4, -0.2) is 72.5 Å². The lowest BCUT2D eigenvalue weighted by molar-refractivity contribution is -0.126. The van der Waals surface area contributed by atoms with Gasteiger partial charge in [0.15, 0.2) is 0 Å². The normalized spacial score (nSPS) is 27.4. The van der Waals surface area contributed by atoms with Gasteiger partial charge in [-0.1, -0.05) is 0 Å². The molecule has 21 heavy (non-hydrogen) atoms. The molecule has 6 nitrogen and oxygen atoms in total. The lowest BCUT2D eigenvalue weighted by Gasteiger charge is -2.39. The Kier molecular flexibility index (Phi) is 4.45. The van der Waals surface area contributed by atoms with Crippen molar-refractivity contribution >= 4 is 11.8 Å². The molecule has 2 N–H and O–H groups in total. The maximum atomic E-state index is 11.9. The van der Waals surface area contributed by atoms with E-state index in [1.54, 1.807) is 0 Å². The van der Waals surface area contributed by atoms with Crippen LogP contribution in [-0.2, 0) is 9.59 Å². The summed E-state index contributed by atoms with van der Waals surface area (Å²) >= 11 is 0. The Bertz CT molecular complexity index is 406. The first-order valence-corrected chi connectivity index (χ1v) is 8.15. The Morgan fingerprint density at radius 3 is 2.05 bits per heavy atom. The van der Waals surface area contributed by atoms with Crippen molar-refractivity contribution in [3.63, 3.8) is 0 Å². The lowest BCUT2D eigenvalue weighted by Crippen LogP contribution is -2.56. The van der Waals surface area contributed by atoms with E-state index in [1.165, 1.54) is 0 Å². The summed E-state index contributed by atoms with van der Waals surface area (Å²) in [6.45, 7) is 5.68. The van der Waals surface area contributed by atoms with Gasteiger partial charge >= 0.3 is 0 Å². The van der Waals surface area contributed by atoms with E-state index in [2.05, 4.69) is 27.4 Å². The van der Waals surface area contributed by atoms with Crippen molar-refractivity contribution in [2.75, 3.05) is 32.7 Å². The fourth-order valence-electron chi connectivity index (χ4n) is 2.84. The monoisotopic (exact) mass is 294 g/mol. The van der Waals surface area contributed by atoms with Gasteiger partial charge in [-0.25, -0.2) is 0 Å². The number of hydrogen-bond acceptors (Lipinski definition) is 4. The van der Waals surface area contributed by atoms with Crippen molar-refractivity contribution in [3.05, 3.63) is 0 Å². The van der Waals surface area contributed by atoms with E-state index < -0.39 is 0 Å². The van der Waals surface area contributed by atoms with Gasteiger partial charge in [0.2, 0.25) is 11.8 Å². The van der Waals surface area contributed by atoms with E-state index >= 15 is 0 Å². The van der Waals surface area contributed by atoms with Crippen LogP contribution in [0.4, 0.5) is 0 Å². The van der Waals surface area contributed by atoms with E-state index in [-0.39, 0.29) is 11.8 Å². The molecule has 1 unspecified atom stereocenters. The molecule has 0 radical (unpaired) electrons. The van der Waals surface area contributed by atoms with Gasteiger partial charge < -0.3 is 10.6 Å². The summed E-state index contributed by atoms with van der Waals surface area (Å²) in [5, 5.41) is 6.06. The maximum Gasteiger partial charge on any atom is 0.234 e. The number of carbonyl (C=O) groups is 2. The molecule has 0 bridgehead atoms. The minimum absolute atomic E-state index is 0.143. The van der Waals surface area contributed by atoms with Gasteiger partial charge in [-0.2, -0.15) is 0 Å². The highest BCUT2D eigenvalue weighted by Gasteiger charge is 2.29. The van der Waals surface area contributed by atoms with Crippen LogP contribution in [0, 0.1) is 0 Å². The second-order valence-corrected chi connectivity index (χ2v) is 6.74. The van der Waals surface area contributed by atoms with E-state index in [0.717, 1.165) is 45.3 Å². The second-order valence-electron chi connectivity index (χ2n) is 6.74. The number of nitrogens with one attached hydrogen (secondary N) is 2. The quantitative estimate of drug-likeness (QED) is 0.696. The smallest absolute Gasteiger partial charge is 0.234 e. The van der Waals surface area contributed by atoms with Crippen LogP contribution in [0.1, 0.15) is 32.6 Å². The van der Waals surface area contributed by atoms with E-state index in [4.69, 9.17) is 0 Å². The zero-order valence-electron chi connectivity index (χ0n) is 12.8. The molecule has 0 aromatic rings. The second kappa shape index (κ2) is 6.32. The third-order valence-electron chi connectivity index (χ3n) is 4.45. The van der Waals surface area contributed by atoms with Crippen molar-refractivity contribution in [2.24, 2.45) is 0 Å². The van der Waals surface area contributed by atoms with Crippen molar-refractivity contribution in [2.45, 2.75) is 50.7 Å². The van der Waals surface area contributed by atoms with Gasteiger partial charge in [0.05, 0.1) is 13.1 Å². The molecular formula is C15H26N4O2. The molecule has 2 saturated carbocycles. The summed E-state index contributed by atoms with van der Waals surface area (Å²) in [6, 6.07) is 1.18. The van der Waals surface area contributed by atoms with E-state index in [1.807, 2.05) is 0 Å². The van der Waals surface area contributed by atoms with Gasteiger partial charge in [-0.05, 0) is 32.6 Å². The van der Waals surface area contributed by atoms with Crippen molar-refractivity contribution in [3.8, 4) is 0 Å². The lowest BCUT2D eigenvalue weighted by atomic mass is 10.2. The molecule has 1 saturated heterocycles. The minimum Gasteiger partial charge on any atom is -0.352 e. The molecule has 0 aromatic carbocycles. The Morgan fingerprint density at radius 2 is 1.52 bits per heavy atom. The van der Waals surface area contributed by atoms with Crippen LogP contribution in [0.2, 0.25) is 0 Å². The molecule has 3 fully saturated rings. The summed E-state index contributed by atoms with van der Waals surface area (Å²) < 4.78 is 0. The number of rotatable bonds is 6. The molecule has 6 heteroatoms. The van der Waals surface area contributed by atoms with Crippen LogP contribution in [0.25, 0.3) is 0 Å². The Balaban J connectivity index is 1.38. The van der Waals surface area contributed by atoms with E-state index in [0.29, 0.717) is 31.2 Å². The Hall–Kier alpha value is -1.14. The summed E-state index contributed by atoms with van der Waals surface area (Å²) in [7, 11) is 0. The molecule has 0 aromatic heterocycles.